The Morgan fingerprint density at radius 2 is 1.92 bits per heavy atom. The van der Waals surface area contributed by atoms with E-state index in [-0.39, 0.29) is 11.7 Å². The van der Waals surface area contributed by atoms with Gasteiger partial charge in [-0.2, -0.15) is 0 Å². The van der Waals surface area contributed by atoms with Crippen LogP contribution in [0.25, 0.3) is 11.0 Å². The highest BCUT2D eigenvalue weighted by Crippen LogP contribution is 2.31. The molecule has 124 valence electrons. The molecule has 0 radical (unpaired) electrons. The van der Waals surface area contributed by atoms with E-state index in [1.165, 1.54) is 0 Å². The Labute approximate surface area is 141 Å². The molecule has 0 aliphatic rings. The number of hydrogen-bond donors (Lipinski definition) is 1. The average Bonchev–Trinajstić information content (AvgIpc) is 3.00. The topological polar surface area (TPSA) is 51.5 Å². The number of methoxy groups -OCH3 is 1. The van der Waals surface area contributed by atoms with Crippen LogP contribution in [-0.4, -0.2) is 13.0 Å². The third-order valence-corrected chi connectivity index (χ3v) is 4.12. The third kappa shape index (κ3) is 2.87. The molecule has 3 rings (SSSR count). The molecule has 0 bridgehead atoms. The molecule has 1 N–H and O–H groups in total. The van der Waals surface area contributed by atoms with Crippen molar-refractivity contribution >= 4 is 22.6 Å². The lowest BCUT2D eigenvalue weighted by Crippen LogP contribution is -2.14. The molecule has 0 unspecified atom stereocenters. The first-order valence-corrected chi connectivity index (χ1v) is 7.98. The summed E-state index contributed by atoms with van der Waals surface area (Å²) >= 11 is 0. The minimum absolute atomic E-state index is 0.260. The number of anilines is 1. The maximum atomic E-state index is 12.7. The summed E-state index contributed by atoms with van der Waals surface area (Å²) in [6.07, 6.45) is 0. The van der Waals surface area contributed by atoms with Crippen LogP contribution in [0.5, 0.6) is 5.75 Å². The molecular formula is C20H21NO3. The summed E-state index contributed by atoms with van der Waals surface area (Å²) in [4.78, 5) is 12.7. The van der Waals surface area contributed by atoms with Gasteiger partial charge in [0.25, 0.3) is 5.91 Å². The van der Waals surface area contributed by atoms with E-state index < -0.39 is 0 Å². The van der Waals surface area contributed by atoms with Crippen molar-refractivity contribution in [1.82, 2.24) is 0 Å². The highest BCUT2D eigenvalue weighted by Gasteiger charge is 2.17. The lowest BCUT2D eigenvalue weighted by Gasteiger charge is -2.15. The number of amides is 1. The predicted molar refractivity (Wildman–Crippen MR) is 96.0 cm³/mol. The summed E-state index contributed by atoms with van der Waals surface area (Å²) in [5, 5.41) is 3.84. The molecule has 0 saturated heterocycles. The van der Waals surface area contributed by atoms with E-state index in [2.05, 4.69) is 19.2 Å². The molecule has 3 aromatic rings. The summed E-state index contributed by atoms with van der Waals surface area (Å²) in [5.74, 6) is 0.943. The van der Waals surface area contributed by atoms with E-state index in [9.17, 15) is 4.79 Å². The summed E-state index contributed by atoms with van der Waals surface area (Å²) < 4.78 is 11.0. The van der Waals surface area contributed by atoms with Crippen LogP contribution < -0.4 is 10.1 Å². The van der Waals surface area contributed by atoms with Gasteiger partial charge in [-0.1, -0.05) is 44.2 Å². The number of furan rings is 1. The number of carbonyl (C=O) groups excluding carboxylic acids is 1. The van der Waals surface area contributed by atoms with Crippen LogP contribution in [0.4, 0.5) is 5.69 Å². The molecule has 1 aromatic heterocycles. The number of benzene rings is 2. The van der Waals surface area contributed by atoms with Crippen molar-refractivity contribution in [2.24, 2.45) is 0 Å². The highest BCUT2D eigenvalue weighted by atomic mass is 16.5. The Morgan fingerprint density at radius 3 is 2.62 bits per heavy atom. The Hall–Kier alpha value is -2.75. The van der Waals surface area contributed by atoms with E-state index in [4.69, 9.17) is 9.15 Å². The van der Waals surface area contributed by atoms with Gasteiger partial charge in [0.2, 0.25) is 0 Å². The lowest BCUT2D eigenvalue weighted by atomic mass is 9.98. The van der Waals surface area contributed by atoms with Crippen molar-refractivity contribution < 1.29 is 13.9 Å². The van der Waals surface area contributed by atoms with Gasteiger partial charge < -0.3 is 14.5 Å². The first kappa shape index (κ1) is 16.1. The van der Waals surface area contributed by atoms with Gasteiger partial charge >= 0.3 is 0 Å². The van der Waals surface area contributed by atoms with Crippen molar-refractivity contribution in [3.63, 3.8) is 0 Å². The molecule has 1 amide bonds. The van der Waals surface area contributed by atoms with E-state index >= 15 is 0 Å². The Kier molecular flexibility index (Phi) is 4.30. The summed E-state index contributed by atoms with van der Waals surface area (Å²) in [5.41, 5.74) is 3.57. The zero-order valence-corrected chi connectivity index (χ0v) is 14.3. The quantitative estimate of drug-likeness (QED) is 0.724. The van der Waals surface area contributed by atoms with E-state index in [1.54, 1.807) is 13.2 Å². The number of rotatable bonds is 4. The van der Waals surface area contributed by atoms with Crippen molar-refractivity contribution in [1.29, 1.82) is 0 Å². The minimum atomic E-state index is -0.260. The third-order valence-electron chi connectivity index (χ3n) is 4.12. The van der Waals surface area contributed by atoms with E-state index in [0.717, 1.165) is 22.2 Å². The molecule has 0 aliphatic heterocycles. The number of aryl methyl sites for hydroxylation is 1. The van der Waals surface area contributed by atoms with Crippen LogP contribution in [0.2, 0.25) is 0 Å². The minimum Gasteiger partial charge on any atom is -0.493 e. The molecular weight excluding hydrogens is 302 g/mol. The lowest BCUT2D eigenvalue weighted by molar-refractivity contribution is 0.0998. The number of fused-ring (bicyclic) bond motifs is 1. The predicted octanol–water partition coefficient (Wildman–Crippen LogP) is 5.13. The molecule has 1 heterocycles. The van der Waals surface area contributed by atoms with Gasteiger partial charge in [-0.3, -0.25) is 4.79 Å². The molecule has 0 spiro atoms. The second-order valence-corrected chi connectivity index (χ2v) is 6.14. The van der Waals surface area contributed by atoms with Crippen LogP contribution in [0.3, 0.4) is 0 Å². The van der Waals surface area contributed by atoms with E-state index in [0.29, 0.717) is 17.3 Å². The van der Waals surface area contributed by atoms with Crippen molar-refractivity contribution in [2.45, 2.75) is 26.7 Å². The zero-order valence-electron chi connectivity index (χ0n) is 14.3. The first-order valence-electron chi connectivity index (χ1n) is 7.98. The second kappa shape index (κ2) is 6.40. The van der Waals surface area contributed by atoms with Crippen molar-refractivity contribution in [2.75, 3.05) is 12.4 Å². The molecule has 4 heteroatoms. The molecule has 0 fully saturated rings. The monoisotopic (exact) mass is 323 g/mol. The van der Waals surface area contributed by atoms with Crippen LogP contribution >= 0.6 is 0 Å². The van der Waals surface area contributed by atoms with Crippen LogP contribution in [0.1, 0.15) is 41.4 Å². The smallest absolute Gasteiger partial charge is 0.291 e. The maximum absolute atomic E-state index is 12.7. The summed E-state index contributed by atoms with van der Waals surface area (Å²) in [6.45, 7) is 6.20. The molecule has 4 nitrogen and oxygen atoms in total. The number of para-hydroxylation sites is 2. The van der Waals surface area contributed by atoms with Gasteiger partial charge in [-0.15, -0.1) is 0 Å². The van der Waals surface area contributed by atoms with E-state index in [1.807, 2.05) is 43.3 Å². The first-order chi connectivity index (χ1) is 11.5. The average molecular weight is 323 g/mol. The van der Waals surface area contributed by atoms with Gasteiger partial charge in [0.05, 0.1) is 7.11 Å². The molecule has 0 atom stereocenters. The standard InChI is InChI=1S/C20H21NO3/c1-12(2)15-9-5-7-13(3)18(15)21-20(22)17-11-14-8-6-10-16(23-4)19(14)24-17/h5-12H,1-4H3,(H,21,22). The van der Waals surface area contributed by atoms with Gasteiger partial charge in [-0.05, 0) is 36.1 Å². The summed E-state index contributed by atoms with van der Waals surface area (Å²) in [7, 11) is 1.58. The Bertz CT molecular complexity index is 893. The molecule has 0 saturated carbocycles. The fourth-order valence-electron chi connectivity index (χ4n) is 2.83. The molecule has 24 heavy (non-hydrogen) atoms. The maximum Gasteiger partial charge on any atom is 0.291 e. The molecule has 2 aromatic carbocycles. The highest BCUT2D eigenvalue weighted by molar-refractivity contribution is 6.05. The van der Waals surface area contributed by atoms with Crippen molar-refractivity contribution in [3.05, 3.63) is 59.4 Å². The van der Waals surface area contributed by atoms with Crippen LogP contribution in [-0.2, 0) is 0 Å². The SMILES string of the molecule is COc1cccc2cc(C(=O)Nc3c(C)cccc3C(C)C)oc12. The van der Waals surface area contributed by atoms with Gasteiger partial charge in [0, 0.05) is 11.1 Å². The number of nitrogens with one attached hydrogen (secondary N) is 1. The number of carbonyl (C=O) groups is 1. The largest absolute Gasteiger partial charge is 0.493 e. The molecule has 0 aliphatic carbocycles. The van der Waals surface area contributed by atoms with Crippen LogP contribution in [0.15, 0.2) is 46.9 Å². The van der Waals surface area contributed by atoms with Crippen molar-refractivity contribution in [3.8, 4) is 5.75 Å². The van der Waals surface area contributed by atoms with Gasteiger partial charge in [0.1, 0.15) is 0 Å². The Balaban J connectivity index is 1.97. The normalized spacial score (nSPS) is 11.0. The van der Waals surface area contributed by atoms with Crippen LogP contribution in [0, 0.1) is 6.92 Å². The Morgan fingerprint density at radius 1 is 1.17 bits per heavy atom. The number of ether oxygens (including phenoxy) is 1. The summed E-state index contributed by atoms with van der Waals surface area (Å²) in [6, 6.07) is 13.3. The van der Waals surface area contributed by atoms with Gasteiger partial charge in [0.15, 0.2) is 17.1 Å². The second-order valence-electron chi connectivity index (χ2n) is 6.14. The fraction of sp³-hybridized carbons (Fsp3) is 0.250. The fourth-order valence-corrected chi connectivity index (χ4v) is 2.83. The zero-order chi connectivity index (χ0) is 17.3. The number of hydrogen-bond acceptors (Lipinski definition) is 3. The van der Waals surface area contributed by atoms with Gasteiger partial charge in [-0.25, -0.2) is 0 Å².